The summed E-state index contributed by atoms with van der Waals surface area (Å²) in [5.41, 5.74) is 1.00. The molecule has 1 aromatic carbocycles. The van der Waals surface area contributed by atoms with E-state index in [2.05, 4.69) is 22.9 Å². The van der Waals surface area contributed by atoms with E-state index in [1.165, 1.54) is 5.39 Å². The van der Waals surface area contributed by atoms with Gasteiger partial charge in [0.1, 0.15) is 0 Å². The summed E-state index contributed by atoms with van der Waals surface area (Å²) in [5, 5.41) is 2.31. The summed E-state index contributed by atoms with van der Waals surface area (Å²) in [7, 11) is 0. The van der Waals surface area contributed by atoms with E-state index in [9.17, 15) is 0 Å². The minimum Gasteiger partial charge on any atom is -0.263 e. The Morgan fingerprint density at radius 1 is 1.15 bits per heavy atom. The lowest BCUT2D eigenvalue weighted by Crippen LogP contribution is -1.81. The molecule has 0 saturated heterocycles. The van der Waals surface area contributed by atoms with Crippen LogP contribution >= 0.6 is 0 Å². The number of hydrogen-bond donors (Lipinski definition) is 0. The molecule has 0 fully saturated rings. The zero-order chi connectivity index (χ0) is 9.10. The van der Waals surface area contributed by atoms with Crippen molar-refractivity contribution in [2.24, 2.45) is 0 Å². The van der Waals surface area contributed by atoms with Crippen molar-refractivity contribution in [3.8, 4) is 11.8 Å². The first-order chi connectivity index (χ1) is 6.42. The second-order valence-electron chi connectivity index (χ2n) is 2.78. The van der Waals surface area contributed by atoms with Crippen LogP contribution < -0.4 is 0 Å². The molecule has 62 valence electrons. The van der Waals surface area contributed by atoms with E-state index in [0.29, 0.717) is 0 Å². The third-order valence-corrected chi connectivity index (χ3v) is 1.93. The Kier molecular flexibility index (Phi) is 1.97. The summed E-state index contributed by atoms with van der Waals surface area (Å²) < 4.78 is 0. The van der Waals surface area contributed by atoms with Gasteiger partial charge in [-0.3, -0.25) is 4.98 Å². The van der Waals surface area contributed by atoms with E-state index in [1.807, 2.05) is 31.3 Å². The van der Waals surface area contributed by atoms with Gasteiger partial charge in [-0.05, 0) is 6.92 Å². The van der Waals surface area contributed by atoms with Crippen molar-refractivity contribution in [3.63, 3.8) is 0 Å². The monoisotopic (exact) mass is 167 g/mol. The molecule has 0 unspecified atom stereocenters. The molecule has 0 aliphatic heterocycles. The summed E-state index contributed by atoms with van der Waals surface area (Å²) in [4.78, 5) is 4.13. The van der Waals surface area contributed by atoms with Gasteiger partial charge >= 0.3 is 0 Å². The fourth-order valence-corrected chi connectivity index (χ4v) is 1.35. The van der Waals surface area contributed by atoms with Crippen molar-refractivity contribution in [1.82, 2.24) is 4.98 Å². The normalized spacial score (nSPS) is 9.31. The number of rotatable bonds is 0. The topological polar surface area (TPSA) is 12.9 Å². The molecule has 0 amide bonds. The van der Waals surface area contributed by atoms with Gasteiger partial charge in [0.15, 0.2) is 0 Å². The van der Waals surface area contributed by atoms with Crippen molar-refractivity contribution in [3.05, 3.63) is 42.2 Å². The summed E-state index contributed by atoms with van der Waals surface area (Å²) >= 11 is 0. The Morgan fingerprint density at radius 3 is 2.85 bits per heavy atom. The molecule has 1 heterocycles. The number of nitrogens with zero attached hydrogens (tertiary/aromatic N) is 1. The van der Waals surface area contributed by atoms with Gasteiger partial charge in [-0.25, -0.2) is 0 Å². The molecule has 0 spiro atoms. The molecule has 2 rings (SSSR count). The Balaban J connectivity index is 2.80. The quantitative estimate of drug-likeness (QED) is 0.549. The number of pyridine rings is 1. The van der Waals surface area contributed by atoms with E-state index >= 15 is 0 Å². The smallest absolute Gasteiger partial charge is 0.0507 e. The van der Waals surface area contributed by atoms with Crippen molar-refractivity contribution in [1.29, 1.82) is 0 Å². The van der Waals surface area contributed by atoms with Gasteiger partial charge < -0.3 is 0 Å². The number of aromatic nitrogens is 1. The van der Waals surface area contributed by atoms with Crippen LogP contribution in [0.1, 0.15) is 12.5 Å². The molecular weight excluding hydrogens is 158 g/mol. The average molecular weight is 167 g/mol. The van der Waals surface area contributed by atoms with Crippen molar-refractivity contribution in [2.75, 3.05) is 0 Å². The maximum Gasteiger partial charge on any atom is 0.0507 e. The molecule has 0 aliphatic rings. The zero-order valence-electron chi connectivity index (χ0n) is 7.41. The van der Waals surface area contributed by atoms with Gasteiger partial charge in [0.25, 0.3) is 0 Å². The molecule has 0 aliphatic carbocycles. The Morgan fingerprint density at radius 2 is 2.00 bits per heavy atom. The molecule has 2 aromatic rings. The van der Waals surface area contributed by atoms with Gasteiger partial charge in [0, 0.05) is 23.2 Å². The van der Waals surface area contributed by atoms with Crippen LogP contribution in [0.2, 0.25) is 0 Å². The lowest BCUT2D eigenvalue weighted by Gasteiger charge is -1.97. The van der Waals surface area contributed by atoms with Crippen LogP contribution in [-0.2, 0) is 0 Å². The fraction of sp³-hybridized carbons (Fsp3) is 0.0833. The van der Waals surface area contributed by atoms with Crippen LogP contribution in [-0.4, -0.2) is 4.98 Å². The Bertz CT molecular complexity index is 484. The van der Waals surface area contributed by atoms with Gasteiger partial charge in [0.05, 0.1) is 5.56 Å². The van der Waals surface area contributed by atoms with E-state index < -0.39 is 0 Å². The molecule has 0 radical (unpaired) electrons. The minimum atomic E-state index is 1.00. The molecule has 1 heteroatoms. The van der Waals surface area contributed by atoms with Gasteiger partial charge in [-0.2, -0.15) is 0 Å². The van der Waals surface area contributed by atoms with Gasteiger partial charge in [-0.15, -0.1) is 5.92 Å². The maximum atomic E-state index is 4.13. The predicted octanol–water partition coefficient (Wildman–Crippen LogP) is 2.61. The summed E-state index contributed by atoms with van der Waals surface area (Å²) in [6, 6.07) is 8.14. The molecule has 0 atom stereocenters. The first-order valence-electron chi connectivity index (χ1n) is 4.17. The average Bonchev–Trinajstić information content (AvgIpc) is 2.19. The van der Waals surface area contributed by atoms with Crippen molar-refractivity contribution >= 4 is 10.8 Å². The SMILES string of the molecule is CC#Cc1cncc2ccccc12. The zero-order valence-corrected chi connectivity index (χ0v) is 7.41. The van der Waals surface area contributed by atoms with Crippen LogP contribution in [0, 0.1) is 11.8 Å². The third-order valence-electron chi connectivity index (χ3n) is 1.93. The fourth-order valence-electron chi connectivity index (χ4n) is 1.35. The number of benzene rings is 1. The summed E-state index contributed by atoms with van der Waals surface area (Å²) in [6.07, 6.45) is 3.66. The highest BCUT2D eigenvalue weighted by Gasteiger charge is 1.96. The van der Waals surface area contributed by atoms with Crippen LogP contribution in [0.5, 0.6) is 0 Å². The number of fused-ring (bicyclic) bond motifs is 1. The highest BCUT2D eigenvalue weighted by Crippen LogP contribution is 2.15. The molecule has 1 nitrogen and oxygen atoms in total. The van der Waals surface area contributed by atoms with E-state index in [1.54, 1.807) is 6.20 Å². The standard InChI is InChI=1S/C12H9N/c1-2-5-10-8-13-9-11-6-3-4-7-12(10)11/h3-4,6-9H,1H3. The van der Waals surface area contributed by atoms with Crippen LogP contribution in [0.15, 0.2) is 36.7 Å². The molecule has 13 heavy (non-hydrogen) atoms. The first kappa shape index (κ1) is 7.82. The van der Waals surface area contributed by atoms with E-state index in [4.69, 9.17) is 0 Å². The second-order valence-corrected chi connectivity index (χ2v) is 2.78. The van der Waals surface area contributed by atoms with Gasteiger partial charge in [0.2, 0.25) is 0 Å². The van der Waals surface area contributed by atoms with Crippen molar-refractivity contribution in [2.45, 2.75) is 6.92 Å². The van der Waals surface area contributed by atoms with Crippen molar-refractivity contribution < 1.29 is 0 Å². The largest absolute Gasteiger partial charge is 0.263 e. The van der Waals surface area contributed by atoms with E-state index in [-0.39, 0.29) is 0 Å². The lowest BCUT2D eigenvalue weighted by molar-refractivity contribution is 1.35. The molecule has 0 saturated carbocycles. The highest BCUT2D eigenvalue weighted by molar-refractivity contribution is 5.86. The summed E-state index contributed by atoms with van der Waals surface area (Å²) in [5.74, 6) is 5.92. The number of hydrogen-bond acceptors (Lipinski definition) is 1. The van der Waals surface area contributed by atoms with Gasteiger partial charge in [-0.1, -0.05) is 30.2 Å². The Labute approximate surface area is 77.4 Å². The predicted molar refractivity (Wildman–Crippen MR) is 54.3 cm³/mol. The molecule has 1 aromatic heterocycles. The third kappa shape index (κ3) is 1.39. The minimum absolute atomic E-state index is 1.00. The molecule has 0 N–H and O–H groups in total. The van der Waals surface area contributed by atoms with Crippen LogP contribution in [0.4, 0.5) is 0 Å². The van der Waals surface area contributed by atoms with Crippen LogP contribution in [0.25, 0.3) is 10.8 Å². The Hall–Kier alpha value is -1.81. The first-order valence-corrected chi connectivity index (χ1v) is 4.17. The lowest BCUT2D eigenvalue weighted by atomic mass is 10.1. The maximum absolute atomic E-state index is 4.13. The van der Waals surface area contributed by atoms with Crippen LogP contribution in [0.3, 0.4) is 0 Å². The molecular formula is C12H9N. The van der Waals surface area contributed by atoms with E-state index in [0.717, 1.165) is 10.9 Å². The highest BCUT2D eigenvalue weighted by atomic mass is 14.6. The second kappa shape index (κ2) is 3.28. The molecule has 0 bridgehead atoms. The summed E-state index contributed by atoms with van der Waals surface area (Å²) in [6.45, 7) is 1.84.